The average Bonchev–Trinajstić information content (AvgIpc) is 3.34. The molecule has 0 saturated carbocycles. The summed E-state index contributed by atoms with van der Waals surface area (Å²) in [6.07, 6.45) is 1.50. The minimum absolute atomic E-state index is 0.285. The van der Waals surface area contributed by atoms with E-state index in [0.29, 0.717) is 29.2 Å². The third-order valence-electron chi connectivity index (χ3n) is 5.98. The molecule has 0 bridgehead atoms. The van der Waals surface area contributed by atoms with Crippen LogP contribution in [-0.4, -0.2) is 29.7 Å². The second kappa shape index (κ2) is 12.3. The largest absolute Gasteiger partial charge is 0.490 e. The van der Waals surface area contributed by atoms with E-state index in [9.17, 15) is 9.59 Å². The monoisotopic (exact) mass is 659 g/mol. The van der Waals surface area contributed by atoms with Crippen molar-refractivity contribution in [3.63, 3.8) is 0 Å². The van der Waals surface area contributed by atoms with E-state index < -0.39 is 5.97 Å². The number of esters is 1. The van der Waals surface area contributed by atoms with Crippen LogP contribution in [0.4, 0.5) is 0 Å². The van der Waals surface area contributed by atoms with Crippen LogP contribution >= 0.6 is 31.9 Å². The number of rotatable bonds is 8. The summed E-state index contributed by atoms with van der Waals surface area (Å²) >= 11 is 6.88. The van der Waals surface area contributed by atoms with Gasteiger partial charge in [-0.3, -0.25) is 4.79 Å². The second-order valence-electron chi connectivity index (χ2n) is 8.67. The number of carbonyl (C=O) groups excluding carboxylic acids is 2. The van der Waals surface area contributed by atoms with Gasteiger partial charge in [-0.15, -0.1) is 0 Å². The van der Waals surface area contributed by atoms with Crippen molar-refractivity contribution in [1.82, 2.24) is 10.4 Å². The first-order valence-corrected chi connectivity index (χ1v) is 14.0. The third-order valence-corrected chi connectivity index (χ3v) is 7.00. The zero-order valence-corrected chi connectivity index (χ0v) is 24.5. The highest BCUT2D eigenvalue weighted by Gasteiger charge is 2.19. The molecule has 1 amide bonds. The molecule has 0 aliphatic carbocycles. The van der Waals surface area contributed by atoms with Gasteiger partial charge < -0.3 is 14.5 Å². The molecule has 7 nitrogen and oxygen atoms in total. The molecule has 0 unspecified atom stereocenters. The Morgan fingerprint density at radius 3 is 2.40 bits per heavy atom. The van der Waals surface area contributed by atoms with Crippen LogP contribution in [0.5, 0.6) is 11.5 Å². The predicted octanol–water partition coefficient (Wildman–Crippen LogP) is 7.74. The van der Waals surface area contributed by atoms with Gasteiger partial charge in [0.1, 0.15) is 5.69 Å². The topological polar surface area (TPSA) is 92.8 Å². The van der Waals surface area contributed by atoms with Crippen LogP contribution in [0.1, 0.15) is 33.3 Å². The molecule has 5 aromatic rings. The van der Waals surface area contributed by atoms with Gasteiger partial charge in [-0.25, -0.2) is 10.2 Å². The zero-order chi connectivity index (χ0) is 28.1. The SMILES string of the molecule is CCOc1cc(C=NNC(=O)c2[nH]c3ccc(Br)cc3c2-c2ccccc2)ccc1OC(=O)c1ccc(Br)cc1. The number of nitrogens with zero attached hydrogens (tertiary/aromatic N) is 1. The van der Waals surface area contributed by atoms with Crippen LogP contribution in [0.3, 0.4) is 0 Å². The Labute approximate surface area is 247 Å². The zero-order valence-electron chi connectivity index (χ0n) is 21.3. The molecular formula is C31H23Br2N3O4. The van der Waals surface area contributed by atoms with Gasteiger partial charge in [0, 0.05) is 25.4 Å². The van der Waals surface area contributed by atoms with Crippen LogP contribution in [0.25, 0.3) is 22.0 Å². The van der Waals surface area contributed by atoms with Gasteiger partial charge in [0.15, 0.2) is 11.5 Å². The molecule has 40 heavy (non-hydrogen) atoms. The lowest BCUT2D eigenvalue weighted by atomic mass is 10.0. The lowest BCUT2D eigenvalue weighted by molar-refractivity contribution is 0.0728. The molecule has 1 heterocycles. The second-order valence-corrected chi connectivity index (χ2v) is 10.5. The van der Waals surface area contributed by atoms with E-state index in [-0.39, 0.29) is 11.7 Å². The van der Waals surface area contributed by atoms with Gasteiger partial charge in [-0.2, -0.15) is 5.10 Å². The Balaban J connectivity index is 1.35. The van der Waals surface area contributed by atoms with Crippen molar-refractivity contribution in [2.24, 2.45) is 5.10 Å². The number of carbonyl (C=O) groups is 2. The van der Waals surface area contributed by atoms with Gasteiger partial charge >= 0.3 is 5.97 Å². The summed E-state index contributed by atoms with van der Waals surface area (Å²) in [5.74, 6) is -0.210. The number of aromatic nitrogens is 1. The van der Waals surface area contributed by atoms with Gasteiger partial charge in [0.2, 0.25) is 0 Å². The first-order chi connectivity index (χ1) is 19.4. The summed E-state index contributed by atoms with van der Waals surface area (Å²) in [6.45, 7) is 2.21. The summed E-state index contributed by atoms with van der Waals surface area (Å²) < 4.78 is 13.0. The number of hydrogen-bond acceptors (Lipinski definition) is 5. The van der Waals surface area contributed by atoms with Crippen molar-refractivity contribution in [1.29, 1.82) is 0 Å². The lowest BCUT2D eigenvalue weighted by Gasteiger charge is -2.11. The van der Waals surface area contributed by atoms with Crippen LogP contribution in [-0.2, 0) is 0 Å². The van der Waals surface area contributed by atoms with Crippen molar-refractivity contribution in [3.8, 4) is 22.6 Å². The first kappa shape index (κ1) is 27.4. The number of fused-ring (bicyclic) bond motifs is 1. The molecule has 1 aromatic heterocycles. The lowest BCUT2D eigenvalue weighted by Crippen LogP contribution is -2.18. The van der Waals surface area contributed by atoms with E-state index >= 15 is 0 Å². The highest BCUT2D eigenvalue weighted by Crippen LogP contribution is 2.34. The fourth-order valence-corrected chi connectivity index (χ4v) is 4.79. The first-order valence-electron chi connectivity index (χ1n) is 12.4. The molecule has 0 saturated heterocycles. The fourth-order valence-electron chi connectivity index (χ4n) is 4.16. The molecule has 9 heteroatoms. The molecule has 2 N–H and O–H groups in total. The van der Waals surface area contributed by atoms with Crippen LogP contribution in [0.15, 0.2) is 105 Å². The molecule has 0 spiro atoms. The van der Waals surface area contributed by atoms with Crippen LogP contribution in [0.2, 0.25) is 0 Å². The molecule has 0 fully saturated rings. The summed E-state index contributed by atoms with van der Waals surface area (Å²) in [5.41, 5.74) is 6.63. The van der Waals surface area contributed by atoms with Gasteiger partial charge in [0.05, 0.1) is 18.4 Å². The number of hydrogen-bond donors (Lipinski definition) is 2. The number of hydrazone groups is 1. The maximum Gasteiger partial charge on any atom is 0.343 e. The quantitative estimate of drug-likeness (QED) is 0.0771. The normalized spacial score (nSPS) is 11.1. The molecular weight excluding hydrogens is 638 g/mol. The number of amides is 1. The van der Waals surface area contributed by atoms with Crippen LogP contribution < -0.4 is 14.9 Å². The molecule has 0 aliphatic heterocycles. The van der Waals surface area contributed by atoms with Crippen molar-refractivity contribution in [3.05, 3.63) is 117 Å². The Bertz CT molecular complexity index is 1710. The van der Waals surface area contributed by atoms with Crippen molar-refractivity contribution < 1.29 is 19.1 Å². The molecule has 0 atom stereocenters. The third kappa shape index (κ3) is 6.16. The molecule has 0 aliphatic rings. The van der Waals surface area contributed by atoms with E-state index in [2.05, 4.69) is 47.4 Å². The maximum absolute atomic E-state index is 13.2. The summed E-state index contributed by atoms with van der Waals surface area (Å²) in [6, 6.07) is 27.5. The highest BCUT2D eigenvalue weighted by atomic mass is 79.9. The van der Waals surface area contributed by atoms with Crippen molar-refractivity contribution >= 4 is 60.9 Å². The van der Waals surface area contributed by atoms with Gasteiger partial charge in [-0.1, -0.05) is 62.2 Å². The minimum atomic E-state index is -0.498. The van der Waals surface area contributed by atoms with Crippen molar-refractivity contribution in [2.75, 3.05) is 6.61 Å². The molecule has 4 aromatic carbocycles. The highest BCUT2D eigenvalue weighted by molar-refractivity contribution is 9.10. The Morgan fingerprint density at radius 2 is 1.65 bits per heavy atom. The number of ether oxygens (including phenoxy) is 2. The summed E-state index contributed by atoms with van der Waals surface area (Å²) in [5, 5.41) is 5.09. The standard InChI is InChI=1S/C31H23Br2N3O4/c1-2-39-27-16-19(8-15-26(27)40-31(38)21-9-11-22(32)12-10-21)18-34-36-30(37)29-28(20-6-4-3-5-7-20)24-17-23(33)13-14-25(24)35-29/h3-18,35H,2H2,1H3,(H,36,37). The molecule has 0 radical (unpaired) electrons. The number of benzene rings is 4. The maximum atomic E-state index is 13.2. The van der Waals surface area contributed by atoms with Gasteiger partial charge in [0.25, 0.3) is 5.91 Å². The molecule has 5 rings (SSSR count). The fraction of sp³-hybridized carbons (Fsp3) is 0.0645. The summed E-state index contributed by atoms with van der Waals surface area (Å²) in [7, 11) is 0. The summed E-state index contributed by atoms with van der Waals surface area (Å²) in [4.78, 5) is 29.0. The molecule has 200 valence electrons. The van der Waals surface area contributed by atoms with E-state index in [1.165, 1.54) is 6.21 Å². The Hall–Kier alpha value is -4.21. The average molecular weight is 661 g/mol. The van der Waals surface area contributed by atoms with Crippen molar-refractivity contribution in [2.45, 2.75) is 6.92 Å². The van der Waals surface area contributed by atoms with Gasteiger partial charge in [-0.05, 0) is 78.7 Å². The number of H-pyrrole nitrogens is 1. The van der Waals surface area contributed by atoms with E-state index in [1.807, 2.05) is 55.5 Å². The number of aromatic amines is 1. The van der Waals surface area contributed by atoms with E-state index in [1.54, 1.807) is 42.5 Å². The Kier molecular flexibility index (Phi) is 8.42. The van der Waals surface area contributed by atoms with E-state index in [0.717, 1.165) is 31.0 Å². The minimum Gasteiger partial charge on any atom is -0.490 e. The van der Waals surface area contributed by atoms with Crippen LogP contribution in [0, 0.1) is 0 Å². The Morgan fingerprint density at radius 1 is 0.900 bits per heavy atom. The van der Waals surface area contributed by atoms with E-state index in [4.69, 9.17) is 9.47 Å². The number of halogens is 2. The smallest absolute Gasteiger partial charge is 0.343 e. The number of nitrogens with one attached hydrogen (secondary N) is 2. The predicted molar refractivity (Wildman–Crippen MR) is 163 cm³/mol.